The molecule has 1 atom stereocenters. The van der Waals surface area contributed by atoms with Gasteiger partial charge in [0.05, 0.1) is 11.3 Å². The summed E-state index contributed by atoms with van der Waals surface area (Å²) in [6, 6.07) is 35.2. The Labute approximate surface area is 240 Å². The molecule has 0 aromatic heterocycles. The molecule has 1 aliphatic heterocycles. The molecular formula is C36H31NO4. The summed E-state index contributed by atoms with van der Waals surface area (Å²) in [5, 5.41) is 9.92. The lowest BCUT2D eigenvalue weighted by Gasteiger charge is -2.18. The number of aliphatic imine (C=N–C) groups is 1. The van der Waals surface area contributed by atoms with Gasteiger partial charge >= 0.3 is 5.97 Å². The van der Waals surface area contributed by atoms with Gasteiger partial charge < -0.3 is 14.6 Å². The van der Waals surface area contributed by atoms with Crippen LogP contribution in [0.25, 0.3) is 5.57 Å². The summed E-state index contributed by atoms with van der Waals surface area (Å²) in [6.45, 7) is 4.22. The van der Waals surface area contributed by atoms with Crippen molar-refractivity contribution in [1.82, 2.24) is 0 Å². The quantitative estimate of drug-likeness (QED) is 0.243. The van der Waals surface area contributed by atoms with Gasteiger partial charge in [0.15, 0.2) is 0 Å². The van der Waals surface area contributed by atoms with Gasteiger partial charge in [-0.2, -0.15) is 0 Å². The van der Waals surface area contributed by atoms with Crippen LogP contribution in [-0.4, -0.2) is 16.8 Å². The van der Waals surface area contributed by atoms with Gasteiger partial charge in [0.25, 0.3) is 0 Å². The zero-order valence-electron chi connectivity index (χ0n) is 23.0. The van der Waals surface area contributed by atoms with E-state index in [9.17, 15) is 9.90 Å². The Morgan fingerprint density at radius 1 is 0.805 bits per heavy atom. The standard InChI is InChI=1S/C36H31NO4/c1-25-21-29(36(38)39)22-26(2)37-34(28-17-19-31(20-18-28)41-30-13-7-4-8-14-30)23-33(25)32-15-9-10-16-35(32)40-24-27-11-5-3-6-12-27/h3-23,25H,24H2,1-2H3,(H,38,39)/b26-22?,29-21?,33-23-,37-34?. The monoisotopic (exact) mass is 541 g/mol. The van der Waals surface area contributed by atoms with Gasteiger partial charge in [-0.3, -0.25) is 4.99 Å². The van der Waals surface area contributed by atoms with Crippen LogP contribution in [0.1, 0.15) is 30.5 Å². The third-order valence-electron chi connectivity index (χ3n) is 6.68. The lowest BCUT2D eigenvalue weighted by atomic mass is 9.89. The van der Waals surface area contributed by atoms with E-state index in [0.717, 1.165) is 33.8 Å². The Bertz CT molecular complexity index is 1630. The zero-order chi connectivity index (χ0) is 28.6. The second kappa shape index (κ2) is 12.8. The number of nitrogens with zero attached hydrogens (tertiary/aromatic N) is 1. The van der Waals surface area contributed by atoms with Crippen LogP contribution in [0.2, 0.25) is 0 Å². The van der Waals surface area contributed by atoms with Crippen molar-refractivity contribution in [2.75, 3.05) is 0 Å². The maximum absolute atomic E-state index is 12.1. The average Bonchev–Trinajstić information content (AvgIpc) is 3.05. The molecule has 5 heteroatoms. The predicted octanol–water partition coefficient (Wildman–Crippen LogP) is 8.50. The molecule has 0 amide bonds. The van der Waals surface area contributed by atoms with Crippen LogP contribution < -0.4 is 9.47 Å². The van der Waals surface area contributed by atoms with Crippen molar-refractivity contribution in [2.45, 2.75) is 20.5 Å². The Morgan fingerprint density at radius 2 is 1.44 bits per heavy atom. The van der Waals surface area contributed by atoms with Gasteiger partial charge in [-0.25, -0.2) is 4.79 Å². The minimum atomic E-state index is -0.995. The number of hydrogen-bond acceptors (Lipinski definition) is 4. The highest BCUT2D eigenvalue weighted by Gasteiger charge is 2.19. The highest BCUT2D eigenvalue weighted by Crippen LogP contribution is 2.35. The van der Waals surface area contributed by atoms with Gasteiger partial charge in [0.2, 0.25) is 0 Å². The molecule has 0 aliphatic carbocycles. The highest BCUT2D eigenvalue weighted by molar-refractivity contribution is 6.13. The van der Waals surface area contributed by atoms with Gasteiger partial charge in [-0.15, -0.1) is 0 Å². The molecule has 204 valence electrons. The van der Waals surface area contributed by atoms with E-state index in [2.05, 4.69) is 0 Å². The van der Waals surface area contributed by atoms with E-state index < -0.39 is 5.97 Å². The number of aliphatic carboxylic acids is 1. The van der Waals surface area contributed by atoms with E-state index in [0.29, 0.717) is 23.8 Å². The van der Waals surface area contributed by atoms with Gasteiger partial charge in [0.1, 0.15) is 23.9 Å². The number of ether oxygens (including phenoxy) is 2. The van der Waals surface area contributed by atoms with Crippen LogP contribution in [0.15, 0.2) is 144 Å². The second-order valence-corrected chi connectivity index (χ2v) is 9.81. The molecule has 5 rings (SSSR count). The normalized spacial score (nSPS) is 16.5. The molecular weight excluding hydrogens is 510 g/mol. The first-order chi connectivity index (χ1) is 20.0. The molecule has 4 aromatic carbocycles. The molecule has 0 saturated carbocycles. The summed E-state index contributed by atoms with van der Waals surface area (Å²) in [6.07, 6.45) is 5.41. The van der Waals surface area contributed by atoms with E-state index in [-0.39, 0.29) is 11.5 Å². The highest BCUT2D eigenvalue weighted by atomic mass is 16.5. The molecule has 5 nitrogen and oxygen atoms in total. The first-order valence-corrected chi connectivity index (χ1v) is 13.5. The number of hydrogen-bond donors (Lipinski definition) is 1. The van der Waals surface area contributed by atoms with Crippen LogP contribution in [0.4, 0.5) is 0 Å². The van der Waals surface area contributed by atoms with Crippen molar-refractivity contribution >= 4 is 17.3 Å². The second-order valence-electron chi connectivity index (χ2n) is 9.81. The van der Waals surface area contributed by atoms with Crippen LogP contribution in [-0.2, 0) is 11.4 Å². The fourth-order valence-electron chi connectivity index (χ4n) is 4.65. The Hall–Kier alpha value is -5.16. The lowest BCUT2D eigenvalue weighted by Crippen LogP contribution is -2.06. The van der Waals surface area contributed by atoms with Crippen LogP contribution in [0.5, 0.6) is 17.2 Å². The fourth-order valence-corrected chi connectivity index (χ4v) is 4.65. The van der Waals surface area contributed by atoms with Crippen molar-refractivity contribution in [2.24, 2.45) is 10.9 Å². The minimum Gasteiger partial charge on any atom is -0.488 e. The average molecular weight is 542 g/mol. The third-order valence-corrected chi connectivity index (χ3v) is 6.68. The van der Waals surface area contributed by atoms with E-state index >= 15 is 0 Å². The van der Waals surface area contributed by atoms with E-state index in [1.165, 1.54) is 0 Å². The first kappa shape index (κ1) is 27.4. The Balaban J connectivity index is 1.55. The lowest BCUT2D eigenvalue weighted by molar-refractivity contribution is -0.132. The number of carbonyl (C=O) groups is 1. The smallest absolute Gasteiger partial charge is 0.335 e. The van der Waals surface area contributed by atoms with Crippen LogP contribution in [0.3, 0.4) is 0 Å². The maximum atomic E-state index is 12.1. The Morgan fingerprint density at radius 3 is 2.15 bits per heavy atom. The SMILES string of the molecule is CC1=CC(C(=O)O)=CC(C)/C(c2ccccc2OCc2ccccc2)=C/C(c2ccc(Oc3ccccc3)cc2)=N1. The molecule has 0 spiro atoms. The number of benzene rings is 4. The van der Waals surface area contributed by atoms with E-state index in [4.69, 9.17) is 14.5 Å². The molecule has 1 unspecified atom stereocenters. The molecule has 0 radical (unpaired) electrons. The summed E-state index contributed by atoms with van der Waals surface area (Å²) < 4.78 is 12.3. The third kappa shape index (κ3) is 7.08. The van der Waals surface area contributed by atoms with Gasteiger partial charge in [0, 0.05) is 22.7 Å². The molecule has 0 bridgehead atoms. The summed E-state index contributed by atoms with van der Waals surface area (Å²) in [4.78, 5) is 17.0. The van der Waals surface area contributed by atoms with Crippen molar-refractivity contribution in [3.8, 4) is 17.2 Å². The molecule has 0 fully saturated rings. The fraction of sp³-hybridized carbons (Fsp3) is 0.111. The van der Waals surface area contributed by atoms with Gasteiger partial charge in [-0.05, 0) is 72.7 Å². The van der Waals surface area contributed by atoms with E-state index in [1.54, 1.807) is 12.2 Å². The summed E-state index contributed by atoms with van der Waals surface area (Å²) >= 11 is 0. The number of carboxylic acids is 1. The maximum Gasteiger partial charge on any atom is 0.335 e. The van der Waals surface area contributed by atoms with Crippen molar-refractivity contribution in [3.05, 3.63) is 155 Å². The summed E-state index contributed by atoms with van der Waals surface area (Å²) in [5.41, 5.74) is 5.23. The molecule has 4 aromatic rings. The molecule has 1 aliphatic rings. The molecule has 1 heterocycles. The van der Waals surface area contributed by atoms with Crippen LogP contribution >= 0.6 is 0 Å². The van der Waals surface area contributed by atoms with Crippen molar-refractivity contribution < 1.29 is 19.4 Å². The molecule has 0 saturated heterocycles. The summed E-state index contributed by atoms with van der Waals surface area (Å²) in [5.74, 6) is 0.951. The topological polar surface area (TPSA) is 68.1 Å². The molecule has 41 heavy (non-hydrogen) atoms. The predicted molar refractivity (Wildman–Crippen MR) is 163 cm³/mol. The molecule has 1 N–H and O–H groups in total. The minimum absolute atomic E-state index is 0.195. The largest absolute Gasteiger partial charge is 0.488 e. The number of allylic oxidation sites excluding steroid dienone is 4. The number of rotatable bonds is 8. The zero-order valence-corrected chi connectivity index (χ0v) is 23.0. The van der Waals surface area contributed by atoms with Crippen molar-refractivity contribution in [1.29, 1.82) is 0 Å². The van der Waals surface area contributed by atoms with E-state index in [1.807, 2.05) is 129 Å². The van der Waals surface area contributed by atoms with Gasteiger partial charge in [-0.1, -0.05) is 79.7 Å². The number of para-hydroxylation sites is 2. The van der Waals surface area contributed by atoms with Crippen molar-refractivity contribution in [3.63, 3.8) is 0 Å². The Kier molecular flexibility index (Phi) is 8.55. The van der Waals surface area contributed by atoms with Crippen LogP contribution in [0, 0.1) is 5.92 Å². The first-order valence-electron chi connectivity index (χ1n) is 13.5. The number of carboxylic acid groups (broad SMARTS) is 1. The summed E-state index contributed by atoms with van der Waals surface area (Å²) in [7, 11) is 0.